The number of hydrogen-bond donors (Lipinski definition) is 1. The number of ketones is 1. The molecule has 0 aliphatic rings. The number of carbonyl (C=O) groups is 2. The Morgan fingerprint density at radius 1 is 0.950 bits per heavy atom. The van der Waals surface area contributed by atoms with Crippen LogP contribution in [0.1, 0.15) is 27.6 Å². The summed E-state index contributed by atoms with van der Waals surface area (Å²) in [5.41, 5.74) is 6.16. The summed E-state index contributed by atoms with van der Waals surface area (Å²) in [4.78, 5) is 23.1. The molecule has 0 bridgehead atoms. The van der Waals surface area contributed by atoms with Gasteiger partial charge in [-0.05, 0) is 31.2 Å². The van der Waals surface area contributed by atoms with Gasteiger partial charge in [-0.1, -0.05) is 30.3 Å². The molecule has 2 rings (SSSR count). The number of hydrogen-bond acceptors (Lipinski definition) is 3. The van der Waals surface area contributed by atoms with Crippen LogP contribution in [-0.2, 0) is 0 Å². The highest BCUT2D eigenvalue weighted by Gasteiger charge is 2.16. The second kappa shape index (κ2) is 6.02. The number of ether oxygens (including phenoxy) is 1. The van der Waals surface area contributed by atoms with Crippen molar-refractivity contribution in [3.05, 3.63) is 65.7 Å². The fourth-order valence-corrected chi connectivity index (χ4v) is 1.79. The number of nitrogens with two attached hydrogens (primary N) is 1. The topological polar surface area (TPSA) is 69.4 Å². The van der Waals surface area contributed by atoms with Gasteiger partial charge in [0.2, 0.25) is 11.7 Å². The summed E-state index contributed by atoms with van der Waals surface area (Å²) in [6.45, 7) is 1.69. The molecule has 20 heavy (non-hydrogen) atoms. The standard InChI is InChI=1S/C16H15NO3/c1-11(15(18)12-5-3-2-4-6-12)20-14-9-7-13(8-10-14)16(17)19/h2-11H,1H3,(H2,17,19). The number of Topliss-reactive ketones (excluding diaryl/α,β-unsaturated/α-hetero) is 1. The van der Waals surface area contributed by atoms with Crippen molar-refractivity contribution in [2.24, 2.45) is 5.73 Å². The maximum Gasteiger partial charge on any atom is 0.248 e. The maximum absolute atomic E-state index is 12.1. The van der Waals surface area contributed by atoms with Crippen molar-refractivity contribution in [1.29, 1.82) is 0 Å². The van der Waals surface area contributed by atoms with Gasteiger partial charge in [0.1, 0.15) is 5.75 Å². The average Bonchev–Trinajstić information content (AvgIpc) is 2.48. The van der Waals surface area contributed by atoms with Crippen LogP contribution in [0.5, 0.6) is 5.75 Å². The number of primary amides is 1. The van der Waals surface area contributed by atoms with Crippen molar-refractivity contribution in [3.63, 3.8) is 0 Å². The van der Waals surface area contributed by atoms with E-state index in [9.17, 15) is 9.59 Å². The highest BCUT2D eigenvalue weighted by molar-refractivity contribution is 5.99. The summed E-state index contributed by atoms with van der Waals surface area (Å²) < 4.78 is 5.56. The molecule has 1 amide bonds. The summed E-state index contributed by atoms with van der Waals surface area (Å²) in [6.07, 6.45) is -0.600. The van der Waals surface area contributed by atoms with Crippen LogP contribution < -0.4 is 10.5 Å². The number of carbonyl (C=O) groups excluding carboxylic acids is 2. The first-order valence-electron chi connectivity index (χ1n) is 6.23. The largest absolute Gasteiger partial charge is 0.483 e. The SMILES string of the molecule is CC(Oc1ccc(C(N)=O)cc1)C(=O)c1ccccc1. The zero-order valence-electron chi connectivity index (χ0n) is 11.1. The lowest BCUT2D eigenvalue weighted by Gasteiger charge is -2.13. The van der Waals surface area contributed by atoms with Gasteiger partial charge in [-0.3, -0.25) is 9.59 Å². The lowest BCUT2D eigenvalue weighted by molar-refractivity contribution is 0.0817. The molecule has 0 aliphatic carbocycles. The third kappa shape index (κ3) is 3.23. The lowest BCUT2D eigenvalue weighted by atomic mass is 10.1. The van der Waals surface area contributed by atoms with Gasteiger partial charge in [0, 0.05) is 11.1 Å². The van der Waals surface area contributed by atoms with Gasteiger partial charge >= 0.3 is 0 Å². The number of rotatable bonds is 5. The molecule has 0 aromatic heterocycles. The molecule has 0 spiro atoms. The summed E-state index contributed by atoms with van der Waals surface area (Å²) in [5, 5.41) is 0. The van der Waals surface area contributed by atoms with E-state index in [0.717, 1.165) is 0 Å². The van der Waals surface area contributed by atoms with E-state index in [0.29, 0.717) is 16.9 Å². The lowest BCUT2D eigenvalue weighted by Crippen LogP contribution is -2.23. The summed E-state index contributed by atoms with van der Waals surface area (Å²) >= 11 is 0. The number of amides is 1. The van der Waals surface area contributed by atoms with Crippen LogP contribution in [-0.4, -0.2) is 17.8 Å². The van der Waals surface area contributed by atoms with Crippen molar-refractivity contribution in [3.8, 4) is 5.75 Å². The Balaban J connectivity index is 2.06. The van der Waals surface area contributed by atoms with Crippen molar-refractivity contribution >= 4 is 11.7 Å². The van der Waals surface area contributed by atoms with Crippen molar-refractivity contribution < 1.29 is 14.3 Å². The second-order valence-corrected chi connectivity index (χ2v) is 4.38. The van der Waals surface area contributed by atoms with Crippen molar-refractivity contribution in [2.45, 2.75) is 13.0 Å². The van der Waals surface area contributed by atoms with E-state index in [1.807, 2.05) is 18.2 Å². The molecule has 4 heteroatoms. The minimum absolute atomic E-state index is 0.0930. The second-order valence-electron chi connectivity index (χ2n) is 4.38. The highest BCUT2D eigenvalue weighted by atomic mass is 16.5. The Morgan fingerprint density at radius 2 is 1.55 bits per heavy atom. The van der Waals surface area contributed by atoms with Gasteiger partial charge in [0.25, 0.3) is 0 Å². The van der Waals surface area contributed by atoms with E-state index in [2.05, 4.69) is 0 Å². The summed E-state index contributed by atoms with van der Waals surface area (Å²) in [5.74, 6) is -0.0682. The smallest absolute Gasteiger partial charge is 0.248 e. The first-order chi connectivity index (χ1) is 9.58. The Hall–Kier alpha value is -2.62. The average molecular weight is 269 g/mol. The highest BCUT2D eigenvalue weighted by Crippen LogP contribution is 2.15. The molecule has 0 heterocycles. The van der Waals surface area contributed by atoms with Crippen LogP contribution in [0.2, 0.25) is 0 Å². The predicted molar refractivity (Wildman–Crippen MR) is 75.8 cm³/mol. The Morgan fingerprint density at radius 3 is 2.10 bits per heavy atom. The minimum Gasteiger partial charge on any atom is -0.483 e. The fourth-order valence-electron chi connectivity index (χ4n) is 1.79. The van der Waals surface area contributed by atoms with Crippen molar-refractivity contribution in [2.75, 3.05) is 0 Å². The molecule has 0 saturated heterocycles. The van der Waals surface area contributed by atoms with E-state index >= 15 is 0 Å². The fraction of sp³-hybridized carbons (Fsp3) is 0.125. The Kier molecular flexibility index (Phi) is 4.15. The Labute approximate surface area is 117 Å². The molecule has 1 atom stereocenters. The summed E-state index contributed by atoms with van der Waals surface area (Å²) in [6, 6.07) is 15.3. The van der Waals surface area contributed by atoms with Gasteiger partial charge in [-0.25, -0.2) is 0 Å². The van der Waals surface area contributed by atoms with Gasteiger partial charge in [-0.2, -0.15) is 0 Å². The van der Waals surface area contributed by atoms with E-state index in [4.69, 9.17) is 10.5 Å². The quantitative estimate of drug-likeness (QED) is 0.847. The first-order valence-corrected chi connectivity index (χ1v) is 6.23. The van der Waals surface area contributed by atoms with Crippen molar-refractivity contribution in [1.82, 2.24) is 0 Å². The van der Waals surface area contributed by atoms with Gasteiger partial charge < -0.3 is 10.5 Å². The molecule has 4 nitrogen and oxygen atoms in total. The molecule has 0 radical (unpaired) electrons. The van der Waals surface area contributed by atoms with Crippen LogP contribution in [0.4, 0.5) is 0 Å². The molecule has 2 aromatic rings. The van der Waals surface area contributed by atoms with Gasteiger partial charge in [-0.15, -0.1) is 0 Å². The van der Waals surface area contributed by atoms with E-state index < -0.39 is 12.0 Å². The first kappa shape index (κ1) is 13.8. The zero-order valence-corrected chi connectivity index (χ0v) is 11.1. The monoisotopic (exact) mass is 269 g/mol. The molecule has 102 valence electrons. The van der Waals surface area contributed by atoms with Crippen LogP contribution in [0.3, 0.4) is 0 Å². The molecule has 2 N–H and O–H groups in total. The van der Waals surface area contributed by atoms with E-state index in [-0.39, 0.29) is 5.78 Å². The van der Waals surface area contributed by atoms with Gasteiger partial charge in [0.05, 0.1) is 0 Å². The van der Waals surface area contributed by atoms with Crippen LogP contribution >= 0.6 is 0 Å². The van der Waals surface area contributed by atoms with Crippen LogP contribution in [0.15, 0.2) is 54.6 Å². The third-order valence-electron chi connectivity index (χ3n) is 2.88. The number of benzene rings is 2. The maximum atomic E-state index is 12.1. The summed E-state index contributed by atoms with van der Waals surface area (Å²) in [7, 11) is 0. The molecule has 0 fully saturated rings. The molecule has 1 unspecified atom stereocenters. The molecule has 2 aromatic carbocycles. The minimum atomic E-state index is -0.600. The molecule has 0 saturated carbocycles. The predicted octanol–water partition coefficient (Wildman–Crippen LogP) is 2.44. The molecular formula is C16H15NO3. The normalized spacial score (nSPS) is 11.7. The molecule has 0 aliphatic heterocycles. The van der Waals surface area contributed by atoms with Crippen LogP contribution in [0, 0.1) is 0 Å². The Bertz CT molecular complexity index is 605. The van der Waals surface area contributed by atoms with E-state index in [1.165, 1.54) is 0 Å². The van der Waals surface area contributed by atoms with Crippen LogP contribution in [0.25, 0.3) is 0 Å². The van der Waals surface area contributed by atoms with Gasteiger partial charge in [0.15, 0.2) is 6.10 Å². The molecular weight excluding hydrogens is 254 g/mol. The zero-order chi connectivity index (χ0) is 14.5. The van der Waals surface area contributed by atoms with E-state index in [1.54, 1.807) is 43.3 Å². The third-order valence-corrected chi connectivity index (χ3v) is 2.88.